The molecule has 0 atom stereocenters. The van der Waals surface area contributed by atoms with Crippen LogP contribution in [0, 0.1) is 0 Å². The zero-order valence-corrected chi connectivity index (χ0v) is 14.4. The lowest BCUT2D eigenvalue weighted by Crippen LogP contribution is -3.00. The van der Waals surface area contributed by atoms with Gasteiger partial charge in [-0.2, -0.15) is 0 Å². The molecule has 0 aliphatic carbocycles. The molecule has 3 rings (SSSR count). The summed E-state index contributed by atoms with van der Waals surface area (Å²) in [5.74, 6) is 0. The lowest BCUT2D eigenvalue weighted by Gasteiger charge is -2.08. The van der Waals surface area contributed by atoms with Crippen molar-refractivity contribution in [2.45, 2.75) is 13.1 Å². The van der Waals surface area contributed by atoms with Crippen LogP contribution in [0.4, 0.5) is 0 Å². The van der Waals surface area contributed by atoms with E-state index in [0.717, 1.165) is 13.0 Å². The molecule has 0 amide bonds. The van der Waals surface area contributed by atoms with Crippen molar-refractivity contribution in [3.05, 3.63) is 63.1 Å². The maximum Gasteiger partial charge on any atom is 0.336 e. The van der Waals surface area contributed by atoms with Crippen LogP contribution in [0.25, 0.3) is 11.2 Å². The fraction of sp³-hybridized carbons (Fsp3) is 0.312. The molecule has 0 aliphatic heterocycles. The Kier molecular flexibility index (Phi) is 5.58. The second-order valence-electron chi connectivity index (χ2n) is 5.60. The van der Waals surface area contributed by atoms with Crippen molar-refractivity contribution in [2.24, 2.45) is 14.1 Å². The average Bonchev–Trinajstić information content (AvgIpc) is 2.95. The van der Waals surface area contributed by atoms with Crippen molar-refractivity contribution >= 4 is 11.2 Å². The van der Waals surface area contributed by atoms with Crippen LogP contribution >= 0.6 is 0 Å². The summed E-state index contributed by atoms with van der Waals surface area (Å²) in [4.78, 5) is 29.0. The van der Waals surface area contributed by atoms with Gasteiger partial charge in [-0.1, -0.05) is 30.3 Å². The Bertz CT molecular complexity index is 943. The second-order valence-corrected chi connectivity index (χ2v) is 5.60. The number of imidazole rings is 1. The predicted molar refractivity (Wildman–Crippen MR) is 87.2 cm³/mol. The zero-order chi connectivity index (χ0) is 16.4. The fourth-order valence-corrected chi connectivity index (χ4v) is 2.69. The molecule has 0 saturated heterocycles. The number of halogens is 1. The highest BCUT2D eigenvalue weighted by Crippen LogP contribution is 2.02. The van der Waals surface area contributed by atoms with Crippen molar-refractivity contribution in [2.75, 3.05) is 6.54 Å². The molecule has 0 spiro atoms. The van der Waals surface area contributed by atoms with Crippen LogP contribution in [0.15, 0.2) is 46.2 Å². The Morgan fingerprint density at radius 2 is 1.83 bits per heavy atom. The molecule has 2 heterocycles. The zero-order valence-electron chi connectivity index (χ0n) is 13.6. The van der Waals surface area contributed by atoms with Crippen molar-refractivity contribution < 1.29 is 17.7 Å². The summed E-state index contributed by atoms with van der Waals surface area (Å²) in [6, 6.07) is 10.1. The summed E-state index contributed by atoms with van der Waals surface area (Å²) >= 11 is 0. The molecule has 0 radical (unpaired) electrons. The van der Waals surface area contributed by atoms with E-state index in [1.165, 1.54) is 14.7 Å². The van der Waals surface area contributed by atoms with E-state index in [1.807, 2.05) is 23.5 Å². The van der Waals surface area contributed by atoms with E-state index in [0.29, 0.717) is 17.8 Å². The standard InChI is InChI=1S/C16H19N5O2.ClH/c1-19-11-18-14-13(19)15(22)21(16(23)20(14)2)10-17-9-8-12-6-4-3-5-7-12;/h3-7,11,17H,8-10H2,1-2H3;1H. The van der Waals surface area contributed by atoms with Crippen LogP contribution in [0.3, 0.4) is 0 Å². The van der Waals surface area contributed by atoms with Gasteiger partial charge in [0.15, 0.2) is 17.8 Å². The largest absolute Gasteiger partial charge is 1.00 e. The topological polar surface area (TPSA) is 78.4 Å². The maximum absolute atomic E-state index is 12.5. The molecule has 1 aromatic carbocycles. The molecule has 0 aliphatic rings. The SMILES string of the molecule is Cn1cnc2c1c(=O)n(C[NH2+]CCc1ccccc1)c(=O)n2C.[Cl-]. The van der Waals surface area contributed by atoms with Gasteiger partial charge in [0, 0.05) is 20.5 Å². The van der Waals surface area contributed by atoms with Gasteiger partial charge in [0.05, 0.1) is 12.9 Å². The number of aromatic nitrogens is 4. The molecule has 2 aromatic heterocycles. The molecule has 3 aromatic rings. The first-order valence-electron chi connectivity index (χ1n) is 7.56. The summed E-state index contributed by atoms with van der Waals surface area (Å²) in [5.41, 5.74) is 1.48. The van der Waals surface area contributed by atoms with Crippen LogP contribution in [0.5, 0.6) is 0 Å². The Morgan fingerprint density at radius 1 is 1.12 bits per heavy atom. The van der Waals surface area contributed by atoms with Crippen molar-refractivity contribution in [3.63, 3.8) is 0 Å². The van der Waals surface area contributed by atoms with Crippen LogP contribution in [-0.4, -0.2) is 25.2 Å². The Labute approximate surface area is 145 Å². The van der Waals surface area contributed by atoms with Crippen molar-refractivity contribution in [3.8, 4) is 0 Å². The van der Waals surface area contributed by atoms with Gasteiger partial charge in [0.2, 0.25) is 0 Å². The van der Waals surface area contributed by atoms with Crippen LogP contribution in [0.1, 0.15) is 5.56 Å². The normalized spacial score (nSPS) is 10.8. The number of benzene rings is 1. The van der Waals surface area contributed by atoms with Crippen molar-refractivity contribution in [1.82, 2.24) is 18.7 Å². The lowest BCUT2D eigenvalue weighted by atomic mass is 10.1. The summed E-state index contributed by atoms with van der Waals surface area (Å²) in [7, 11) is 3.39. The lowest BCUT2D eigenvalue weighted by molar-refractivity contribution is -0.684. The molecule has 128 valence electrons. The average molecular weight is 350 g/mol. The first-order chi connectivity index (χ1) is 11.1. The molecule has 0 fully saturated rings. The maximum atomic E-state index is 12.5. The summed E-state index contributed by atoms with van der Waals surface area (Å²) in [5, 5.41) is 1.97. The van der Waals surface area contributed by atoms with Gasteiger partial charge in [0.25, 0.3) is 5.56 Å². The molecule has 7 nitrogen and oxygen atoms in total. The molecular weight excluding hydrogens is 330 g/mol. The number of hydrogen-bond acceptors (Lipinski definition) is 3. The molecule has 0 unspecified atom stereocenters. The van der Waals surface area contributed by atoms with E-state index in [-0.39, 0.29) is 23.7 Å². The number of nitrogens with zero attached hydrogens (tertiary/aromatic N) is 4. The quantitative estimate of drug-likeness (QED) is 0.480. The minimum atomic E-state index is -0.336. The highest BCUT2D eigenvalue weighted by Gasteiger charge is 2.15. The van der Waals surface area contributed by atoms with E-state index in [4.69, 9.17) is 0 Å². The Morgan fingerprint density at radius 3 is 2.54 bits per heavy atom. The van der Waals surface area contributed by atoms with E-state index in [9.17, 15) is 9.59 Å². The Balaban J connectivity index is 0.00000208. The van der Waals surface area contributed by atoms with E-state index >= 15 is 0 Å². The van der Waals surface area contributed by atoms with Crippen LogP contribution in [0.2, 0.25) is 0 Å². The number of quaternary nitrogens is 1. The van der Waals surface area contributed by atoms with Gasteiger partial charge in [-0.3, -0.25) is 9.36 Å². The molecule has 8 heteroatoms. The van der Waals surface area contributed by atoms with Gasteiger partial charge in [-0.05, 0) is 5.56 Å². The van der Waals surface area contributed by atoms with E-state index in [1.54, 1.807) is 25.0 Å². The smallest absolute Gasteiger partial charge is 0.336 e. The molecular formula is C16H20ClN5O2. The molecule has 0 saturated carbocycles. The number of fused-ring (bicyclic) bond motifs is 1. The third-order valence-corrected chi connectivity index (χ3v) is 3.99. The number of rotatable bonds is 5. The fourth-order valence-electron chi connectivity index (χ4n) is 2.69. The Hall–Kier alpha value is -2.38. The summed E-state index contributed by atoms with van der Waals surface area (Å²) in [6.07, 6.45) is 2.44. The monoisotopic (exact) mass is 349 g/mol. The predicted octanol–water partition coefficient (Wildman–Crippen LogP) is -3.80. The summed E-state index contributed by atoms with van der Waals surface area (Å²) < 4.78 is 4.33. The molecule has 2 N–H and O–H groups in total. The van der Waals surface area contributed by atoms with Gasteiger partial charge in [-0.25, -0.2) is 14.3 Å². The summed E-state index contributed by atoms with van der Waals surface area (Å²) in [6.45, 7) is 1.11. The second kappa shape index (κ2) is 7.46. The first kappa shape index (κ1) is 18.0. The van der Waals surface area contributed by atoms with Crippen LogP contribution in [-0.2, 0) is 27.2 Å². The van der Waals surface area contributed by atoms with E-state index in [2.05, 4.69) is 17.1 Å². The third kappa shape index (κ3) is 3.27. The minimum Gasteiger partial charge on any atom is -1.00 e. The van der Waals surface area contributed by atoms with Crippen molar-refractivity contribution in [1.29, 1.82) is 0 Å². The van der Waals surface area contributed by atoms with Gasteiger partial charge in [-0.15, -0.1) is 0 Å². The molecule has 24 heavy (non-hydrogen) atoms. The number of hydrogen-bond donors (Lipinski definition) is 1. The van der Waals surface area contributed by atoms with E-state index < -0.39 is 0 Å². The van der Waals surface area contributed by atoms with Crippen LogP contribution < -0.4 is 29.0 Å². The van der Waals surface area contributed by atoms with Gasteiger partial charge >= 0.3 is 5.69 Å². The molecule has 0 bridgehead atoms. The highest BCUT2D eigenvalue weighted by atomic mass is 35.5. The van der Waals surface area contributed by atoms with Gasteiger partial charge < -0.3 is 22.3 Å². The third-order valence-electron chi connectivity index (χ3n) is 3.99. The highest BCUT2D eigenvalue weighted by molar-refractivity contribution is 5.69. The number of aryl methyl sites for hydroxylation is 2. The first-order valence-corrected chi connectivity index (χ1v) is 7.56. The minimum absolute atomic E-state index is 0. The van der Waals surface area contributed by atoms with Gasteiger partial charge in [0.1, 0.15) is 0 Å². The number of nitrogens with two attached hydrogens (primary N) is 1.